The van der Waals surface area contributed by atoms with Gasteiger partial charge in [-0.3, -0.25) is 14.4 Å². The number of carbonyl (C=O) groups is 3. The second-order valence-electron chi connectivity index (χ2n) is 13.7. The highest BCUT2D eigenvalue weighted by Crippen LogP contribution is 2.33. The quantitative estimate of drug-likeness (QED) is 0.0653. The molecule has 1 aromatic heterocycles. The van der Waals surface area contributed by atoms with E-state index in [0.717, 1.165) is 44.1 Å². The number of benzene rings is 1. The van der Waals surface area contributed by atoms with Crippen LogP contribution < -0.4 is 11.1 Å². The van der Waals surface area contributed by atoms with Crippen molar-refractivity contribution in [1.82, 2.24) is 15.2 Å². The lowest BCUT2D eigenvalue weighted by Gasteiger charge is -2.37. The van der Waals surface area contributed by atoms with E-state index in [4.69, 9.17) is 15.5 Å². The molecule has 9 nitrogen and oxygen atoms in total. The number of ether oxygens (including phenoxy) is 1. The number of thiazole rings is 1. The van der Waals surface area contributed by atoms with Gasteiger partial charge in [-0.05, 0) is 70.1 Å². The smallest absolute Gasteiger partial charge is 0.309 e. The normalized spacial score (nSPS) is 13.5. The summed E-state index contributed by atoms with van der Waals surface area (Å²) >= 11 is 1.34. The highest BCUT2D eigenvalue weighted by atomic mass is 32.1. The van der Waals surface area contributed by atoms with Gasteiger partial charge in [-0.15, -0.1) is 11.3 Å². The Morgan fingerprint density at radius 2 is 1.74 bits per heavy atom. The number of aromatic nitrogens is 1. The predicted octanol–water partition coefficient (Wildman–Crippen LogP) is 8.17. The van der Waals surface area contributed by atoms with Crippen LogP contribution in [0.4, 0.5) is 5.69 Å². The van der Waals surface area contributed by atoms with E-state index in [0.29, 0.717) is 42.3 Å². The maximum absolute atomic E-state index is 13.6. The fourth-order valence-electron chi connectivity index (χ4n) is 5.69. The summed E-state index contributed by atoms with van der Waals surface area (Å²) in [5.74, 6) is -0.429. The third-order valence-corrected chi connectivity index (χ3v) is 9.39. The number of nitrogens with two attached hydrogens (primary N) is 1. The molecule has 2 rings (SSSR count). The Hall–Kier alpha value is -3.40. The number of aliphatic carboxylic acids is 1. The highest BCUT2D eigenvalue weighted by Gasteiger charge is 2.34. The lowest BCUT2D eigenvalue weighted by atomic mass is 9.84. The number of carbonyl (C=O) groups excluding carboxylic acids is 2. The van der Waals surface area contributed by atoms with Gasteiger partial charge in [0.25, 0.3) is 5.91 Å². The minimum atomic E-state index is -1.05. The van der Waals surface area contributed by atoms with Gasteiger partial charge in [-0.1, -0.05) is 72.1 Å². The minimum Gasteiger partial charge on any atom is -0.488 e. The second-order valence-corrected chi connectivity index (χ2v) is 14.6. The molecule has 0 radical (unpaired) electrons. The Labute approximate surface area is 286 Å². The highest BCUT2D eigenvalue weighted by molar-refractivity contribution is 7.09. The van der Waals surface area contributed by atoms with Gasteiger partial charge < -0.3 is 25.8 Å². The monoisotopic (exact) mass is 670 g/mol. The molecular weight excluding hydrogens is 612 g/mol. The van der Waals surface area contributed by atoms with Crippen LogP contribution in [0.25, 0.3) is 0 Å². The number of carboxylic acid groups (broad SMARTS) is 1. The molecule has 0 saturated carbocycles. The number of nitrogens with zero attached hydrogens (tertiary/aromatic N) is 2. The lowest BCUT2D eigenvalue weighted by Crippen LogP contribution is -2.45. The molecule has 0 bridgehead atoms. The fraction of sp³-hybridized carbons (Fsp3) is 0.622. The molecule has 0 saturated heterocycles. The Morgan fingerprint density at radius 1 is 1.09 bits per heavy atom. The van der Waals surface area contributed by atoms with E-state index < -0.39 is 23.5 Å². The first-order chi connectivity index (χ1) is 22.2. The molecule has 10 heteroatoms. The summed E-state index contributed by atoms with van der Waals surface area (Å²) in [7, 11) is 0. The van der Waals surface area contributed by atoms with Crippen LogP contribution in [-0.4, -0.2) is 51.4 Å². The molecule has 0 aliphatic heterocycles. The standard InChI is InChI=1S/C37H58N4O5S/c1-9-11-13-14-20-41(33(42)15-12-10-2)31(25(3)4)22-32(46-26(5)6)35-40-30(24-47-35)34(43)39-29(23-37(7,8)36(44)45)21-27-16-18-28(38)19-17-27/h16-19,24-25,29,31-32H,5,9-15,20-23,38H2,1-4,6-8H3,(H,39,43)(H,44,45). The predicted molar refractivity (Wildman–Crippen MR) is 191 cm³/mol. The van der Waals surface area contributed by atoms with Crippen LogP contribution in [0.1, 0.15) is 133 Å². The van der Waals surface area contributed by atoms with E-state index in [-0.39, 0.29) is 35.9 Å². The molecule has 0 aliphatic rings. The molecular formula is C37H58N4O5S. The van der Waals surface area contributed by atoms with Crippen molar-refractivity contribution in [2.45, 2.75) is 131 Å². The van der Waals surface area contributed by atoms with Crippen molar-refractivity contribution in [3.63, 3.8) is 0 Å². The Morgan fingerprint density at radius 3 is 2.32 bits per heavy atom. The van der Waals surface area contributed by atoms with Crippen molar-refractivity contribution < 1.29 is 24.2 Å². The molecule has 3 unspecified atom stereocenters. The number of nitrogens with one attached hydrogen (secondary N) is 1. The largest absolute Gasteiger partial charge is 0.488 e. The number of nitrogen functional groups attached to an aromatic ring is 1. The lowest BCUT2D eigenvalue weighted by molar-refractivity contribution is -0.147. The Kier molecular flexibility index (Phi) is 16.4. The summed E-state index contributed by atoms with van der Waals surface area (Å²) < 4.78 is 6.23. The van der Waals surface area contributed by atoms with E-state index in [9.17, 15) is 19.5 Å². The molecule has 2 aromatic rings. The molecule has 0 fully saturated rings. The topological polar surface area (TPSA) is 135 Å². The van der Waals surface area contributed by atoms with Crippen molar-refractivity contribution in [2.24, 2.45) is 11.3 Å². The molecule has 0 aliphatic carbocycles. The summed E-state index contributed by atoms with van der Waals surface area (Å²) in [4.78, 5) is 45.8. The van der Waals surface area contributed by atoms with Gasteiger partial charge in [0.1, 0.15) is 10.7 Å². The number of allylic oxidation sites excluding steroid dienone is 1. The van der Waals surface area contributed by atoms with Gasteiger partial charge in [0.2, 0.25) is 5.91 Å². The van der Waals surface area contributed by atoms with Crippen molar-refractivity contribution in [3.8, 4) is 0 Å². The Bertz CT molecular complexity index is 1290. The maximum Gasteiger partial charge on any atom is 0.309 e. The van der Waals surface area contributed by atoms with Crippen LogP contribution in [0.3, 0.4) is 0 Å². The van der Waals surface area contributed by atoms with Gasteiger partial charge in [0.15, 0.2) is 6.10 Å². The van der Waals surface area contributed by atoms with Gasteiger partial charge in [0, 0.05) is 42.5 Å². The molecule has 47 heavy (non-hydrogen) atoms. The maximum atomic E-state index is 13.6. The molecule has 3 atom stereocenters. The van der Waals surface area contributed by atoms with Crippen LogP contribution in [-0.2, 0) is 20.7 Å². The summed E-state index contributed by atoms with van der Waals surface area (Å²) in [6, 6.07) is 6.82. The number of hydrogen-bond acceptors (Lipinski definition) is 7. The van der Waals surface area contributed by atoms with Crippen molar-refractivity contribution in [3.05, 3.63) is 58.2 Å². The average molecular weight is 671 g/mol. The van der Waals surface area contributed by atoms with Gasteiger partial charge >= 0.3 is 5.97 Å². The zero-order chi connectivity index (χ0) is 35.1. The summed E-state index contributed by atoms with van der Waals surface area (Å²) in [6.07, 6.45) is 7.36. The number of unbranched alkanes of at least 4 members (excludes halogenated alkanes) is 4. The Balaban J connectivity index is 2.33. The zero-order valence-corrected chi connectivity index (χ0v) is 30.5. The summed E-state index contributed by atoms with van der Waals surface area (Å²) in [6.45, 7) is 18.3. The fourth-order valence-corrected chi connectivity index (χ4v) is 6.53. The van der Waals surface area contributed by atoms with Crippen LogP contribution >= 0.6 is 11.3 Å². The van der Waals surface area contributed by atoms with Gasteiger partial charge in [-0.2, -0.15) is 0 Å². The van der Waals surface area contributed by atoms with Gasteiger partial charge in [0.05, 0.1) is 11.2 Å². The van der Waals surface area contributed by atoms with Crippen LogP contribution in [0, 0.1) is 11.3 Å². The zero-order valence-electron chi connectivity index (χ0n) is 29.6. The average Bonchev–Trinajstić information content (AvgIpc) is 3.50. The van der Waals surface area contributed by atoms with Crippen molar-refractivity contribution >= 4 is 34.8 Å². The molecule has 1 heterocycles. The van der Waals surface area contributed by atoms with E-state index in [1.54, 1.807) is 38.3 Å². The van der Waals surface area contributed by atoms with Gasteiger partial charge in [-0.25, -0.2) is 4.98 Å². The van der Waals surface area contributed by atoms with Crippen molar-refractivity contribution in [2.75, 3.05) is 12.3 Å². The first kappa shape index (κ1) is 39.8. The van der Waals surface area contributed by atoms with E-state index in [1.807, 2.05) is 12.1 Å². The third kappa shape index (κ3) is 13.3. The van der Waals surface area contributed by atoms with Crippen molar-refractivity contribution in [1.29, 1.82) is 0 Å². The summed E-state index contributed by atoms with van der Waals surface area (Å²) in [5, 5.41) is 15.2. The number of anilines is 1. The van der Waals surface area contributed by atoms with E-state index >= 15 is 0 Å². The first-order valence-corrected chi connectivity index (χ1v) is 18.0. The van der Waals surface area contributed by atoms with E-state index in [2.05, 4.69) is 44.5 Å². The third-order valence-electron chi connectivity index (χ3n) is 8.45. The molecule has 0 spiro atoms. The van der Waals surface area contributed by atoms with E-state index in [1.165, 1.54) is 11.3 Å². The first-order valence-electron chi connectivity index (χ1n) is 17.1. The van der Waals surface area contributed by atoms with Crippen LogP contribution in [0.5, 0.6) is 0 Å². The number of carboxylic acids is 1. The molecule has 4 N–H and O–H groups in total. The SMILES string of the molecule is C=C(C)OC(CC(C(C)C)N(CCCCCC)C(=O)CCCC)c1nc(C(=O)NC(Cc2ccc(N)cc2)CC(C)(C)C(=O)O)cs1. The summed E-state index contributed by atoms with van der Waals surface area (Å²) in [5.41, 5.74) is 6.61. The second kappa shape index (κ2) is 19.4. The number of hydrogen-bond donors (Lipinski definition) is 3. The van der Waals surface area contributed by atoms with Crippen LogP contribution in [0.15, 0.2) is 42.0 Å². The number of amides is 2. The minimum absolute atomic E-state index is 0.0750. The van der Waals surface area contributed by atoms with Crippen LogP contribution in [0.2, 0.25) is 0 Å². The number of rotatable bonds is 22. The molecule has 2 amide bonds. The molecule has 1 aromatic carbocycles. The molecule has 262 valence electrons.